The first-order valence-corrected chi connectivity index (χ1v) is 5.84. The first-order valence-electron chi connectivity index (χ1n) is 5.84. The van der Waals surface area contributed by atoms with Crippen LogP contribution in [-0.4, -0.2) is 30.7 Å². The van der Waals surface area contributed by atoms with E-state index in [1.54, 1.807) is 0 Å². The molecule has 0 radical (unpaired) electrons. The Morgan fingerprint density at radius 3 is 1.85 bits per heavy atom. The quantitative estimate of drug-likeness (QED) is 0.547. The Bertz CT molecular complexity index is 168. The maximum atomic E-state index is 2.39. The maximum Gasteiger partial charge on any atom is 0.0835 e. The van der Waals surface area contributed by atoms with Crippen molar-refractivity contribution in [3.05, 3.63) is 0 Å². The van der Waals surface area contributed by atoms with Crippen LogP contribution in [0.15, 0.2) is 0 Å². The summed E-state index contributed by atoms with van der Waals surface area (Å²) in [5.74, 6) is 1.10. The molecule has 0 N–H and O–H groups in total. The average molecular weight is 182 g/mol. The largest absolute Gasteiger partial charge is 0.323 e. The highest BCUT2D eigenvalue weighted by Gasteiger charge is 2.41. The van der Waals surface area contributed by atoms with Crippen molar-refractivity contribution in [3.63, 3.8) is 0 Å². The second-order valence-electron chi connectivity index (χ2n) is 6.46. The zero-order valence-electron chi connectivity index (χ0n) is 9.47. The Morgan fingerprint density at radius 2 is 1.46 bits per heavy atom. The Hall–Kier alpha value is -0.0400. The van der Waals surface area contributed by atoms with E-state index in [9.17, 15) is 0 Å². The van der Waals surface area contributed by atoms with Crippen LogP contribution in [0, 0.1) is 11.3 Å². The summed E-state index contributed by atoms with van der Waals surface area (Å²) in [6.45, 7) is 13.0. The van der Waals surface area contributed by atoms with E-state index >= 15 is 0 Å². The molecular formula is C12H24N+. The predicted molar refractivity (Wildman–Crippen MR) is 56.5 cm³/mol. The number of fused-ring (bicyclic) bond motifs is 3. The van der Waals surface area contributed by atoms with Crippen LogP contribution in [0.1, 0.15) is 40.0 Å². The molecule has 0 amide bonds. The molecule has 13 heavy (non-hydrogen) atoms. The number of quaternary nitrogens is 1. The first kappa shape index (κ1) is 9.51. The van der Waals surface area contributed by atoms with E-state index in [1.165, 1.54) is 49.9 Å². The summed E-state index contributed by atoms with van der Waals surface area (Å²) >= 11 is 0. The third-order valence-corrected chi connectivity index (χ3v) is 3.84. The minimum Gasteiger partial charge on any atom is -0.323 e. The zero-order valence-corrected chi connectivity index (χ0v) is 9.47. The zero-order chi connectivity index (χ0) is 9.53. The fraction of sp³-hybridized carbons (Fsp3) is 1.00. The van der Waals surface area contributed by atoms with Crippen molar-refractivity contribution in [2.45, 2.75) is 40.0 Å². The highest BCUT2D eigenvalue weighted by molar-refractivity contribution is 4.74. The number of hydrogen-bond acceptors (Lipinski definition) is 0. The van der Waals surface area contributed by atoms with E-state index < -0.39 is 0 Å². The Morgan fingerprint density at radius 1 is 1.00 bits per heavy atom. The summed E-state index contributed by atoms with van der Waals surface area (Å²) in [5, 5.41) is 0. The topological polar surface area (TPSA) is 0 Å². The van der Waals surface area contributed by atoms with Gasteiger partial charge < -0.3 is 4.48 Å². The van der Waals surface area contributed by atoms with Crippen molar-refractivity contribution in [1.29, 1.82) is 0 Å². The highest BCUT2D eigenvalue weighted by atomic mass is 15.4. The molecule has 3 heterocycles. The van der Waals surface area contributed by atoms with Crippen LogP contribution in [0.25, 0.3) is 0 Å². The normalized spacial score (nSPS) is 39.5. The first-order chi connectivity index (χ1) is 5.99. The van der Waals surface area contributed by atoms with Crippen LogP contribution in [0.3, 0.4) is 0 Å². The van der Waals surface area contributed by atoms with Gasteiger partial charge in [-0.3, -0.25) is 0 Å². The lowest BCUT2D eigenvalue weighted by atomic mass is 9.83. The van der Waals surface area contributed by atoms with Gasteiger partial charge >= 0.3 is 0 Å². The number of hydrogen-bond donors (Lipinski definition) is 0. The number of nitrogens with zero attached hydrogens (tertiary/aromatic N) is 1. The molecule has 0 aliphatic carbocycles. The van der Waals surface area contributed by atoms with Crippen LogP contribution >= 0.6 is 0 Å². The van der Waals surface area contributed by atoms with Gasteiger partial charge in [-0.15, -0.1) is 0 Å². The van der Waals surface area contributed by atoms with E-state index in [4.69, 9.17) is 0 Å². The Labute approximate surface area is 82.7 Å². The fourth-order valence-corrected chi connectivity index (χ4v) is 3.38. The minimum atomic E-state index is 0.518. The lowest BCUT2D eigenvalue weighted by Crippen LogP contribution is -2.60. The summed E-state index contributed by atoms with van der Waals surface area (Å²) in [6, 6.07) is 0. The van der Waals surface area contributed by atoms with E-state index in [-0.39, 0.29) is 0 Å². The van der Waals surface area contributed by atoms with Crippen molar-refractivity contribution >= 4 is 0 Å². The molecule has 3 aliphatic rings. The van der Waals surface area contributed by atoms with Gasteiger partial charge in [0.15, 0.2) is 0 Å². The maximum absolute atomic E-state index is 2.39. The monoisotopic (exact) mass is 182 g/mol. The molecule has 0 atom stereocenters. The summed E-state index contributed by atoms with van der Waals surface area (Å²) in [6.07, 6.45) is 4.53. The second-order valence-corrected chi connectivity index (χ2v) is 6.46. The molecule has 0 aromatic rings. The van der Waals surface area contributed by atoms with Crippen molar-refractivity contribution in [2.24, 2.45) is 11.3 Å². The molecule has 3 saturated heterocycles. The van der Waals surface area contributed by atoms with Gasteiger partial charge in [-0.05, 0) is 25.2 Å². The van der Waals surface area contributed by atoms with Gasteiger partial charge in [0.05, 0.1) is 26.2 Å². The standard InChI is InChI=1S/C12H24N/c1-12(2,3)10-13-7-4-11(5-8-13)6-9-13/h11H,4-10H2,1-3H3/q+1. The van der Waals surface area contributed by atoms with Gasteiger partial charge in [0, 0.05) is 5.41 Å². The van der Waals surface area contributed by atoms with Crippen LogP contribution in [-0.2, 0) is 0 Å². The van der Waals surface area contributed by atoms with Gasteiger partial charge in [0.25, 0.3) is 0 Å². The Kier molecular flexibility index (Phi) is 2.18. The van der Waals surface area contributed by atoms with Crippen molar-refractivity contribution in [2.75, 3.05) is 26.2 Å². The predicted octanol–water partition coefficient (Wildman–Crippen LogP) is 2.66. The van der Waals surface area contributed by atoms with E-state index in [0.29, 0.717) is 5.41 Å². The SMILES string of the molecule is CC(C)(C)C[N+]12CCC(CC1)CC2. The highest BCUT2D eigenvalue weighted by Crippen LogP contribution is 2.36. The molecule has 2 bridgehead atoms. The van der Waals surface area contributed by atoms with Crippen LogP contribution in [0.4, 0.5) is 0 Å². The van der Waals surface area contributed by atoms with Crippen molar-refractivity contribution in [1.82, 2.24) is 0 Å². The summed E-state index contributed by atoms with van der Waals surface area (Å²) in [7, 11) is 0. The Balaban J connectivity index is 2.03. The number of rotatable bonds is 1. The minimum absolute atomic E-state index is 0.518. The molecule has 3 aliphatic heterocycles. The van der Waals surface area contributed by atoms with E-state index in [2.05, 4.69) is 20.8 Å². The molecule has 3 fully saturated rings. The molecule has 1 heteroatoms. The number of piperidine rings is 3. The smallest absolute Gasteiger partial charge is 0.0835 e. The van der Waals surface area contributed by atoms with Gasteiger partial charge in [-0.25, -0.2) is 0 Å². The van der Waals surface area contributed by atoms with Gasteiger partial charge in [0.1, 0.15) is 0 Å². The van der Waals surface area contributed by atoms with Gasteiger partial charge in [-0.2, -0.15) is 0 Å². The molecule has 0 aromatic heterocycles. The molecule has 0 aromatic carbocycles. The van der Waals surface area contributed by atoms with Crippen LogP contribution < -0.4 is 0 Å². The van der Waals surface area contributed by atoms with Crippen molar-refractivity contribution < 1.29 is 4.48 Å². The summed E-state index contributed by atoms with van der Waals surface area (Å²) < 4.78 is 1.44. The average Bonchev–Trinajstić information content (AvgIpc) is 2.03. The molecule has 0 saturated carbocycles. The van der Waals surface area contributed by atoms with E-state index in [1.807, 2.05) is 0 Å². The lowest BCUT2D eigenvalue weighted by molar-refractivity contribution is -0.947. The molecule has 0 unspecified atom stereocenters. The molecule has 0 spiro atoms. The van der Waals surface area contributed by atoms with Crippen LogP contribution in [0.5, 0.6) is 0 Å². The third-order valence-electron chi connectivity index (χ3n) is 3.84. The second kappa shape index (κ2) is 2.98. The van der Waals surface area contributed by atoms with Crippen LogP contribution in [0.2, 0.25) is 0 Å². The van der Waals surface area contributed by atoms with Crippen molar-refractivity contribution in [3.8, 4) is 0 Å². The van der Waals surface area contributed by atoms with E-state index in [0.717, 1.165) is 5.92 Å². The lowest BCUT2D eigenvalue weighted by Gasteiger charge is -2.51. The molecule has 1 nitrogen and oxygen atoms in total. The fourth-order valence-electron chi connectivity index (χ4n) is 3.38. The summed E-state index contributed by atoms with van der Waals surface area (Å²) in [4.78, 5) is 0. The van der Waals surface area contributed by atoms with Gasteiger partial charge in [-0.1, -0.05) is 20.8 Å². The molecular weight excluding hydrogens is 158 g/mol. The molecule has 76 valence electrons. The third kappa shape index (κ3) is 2.07. The van der Waals surface area contributed by atoms with Gasteiger partial charge in [0.2, 0.25) is 0 Å². The summed E-state index contributed by atoms with van der Waals surface area (Å²) in [5.41, 5.74) is 0.518. The molecule has 3 rings (SSSR count).